The van der Waals surface area contributed by atoms with E-state index in [1.807, 2.05) is 13.0 Å². The molecular weight excluding hydrogens is 322 g/mol. The molecule has 2 aromatic heterocycles. The van der Waals surface area contributed by atoms with Gasteiger partial charge in [-0.3, -0.25) is 9.78 Å². The Labute approximate surface area is 141 Å². The molecule has 0 aliphatic carbocycles. The van der Waals surface area contributed by atoms with E-state index < -0.39 is 5.76 Å². The molecule has 4 aromatic rings. The normalized spacial score (nSPS) is 10.9. The average Bonchev–Trinajstić information content (AvgIpc) is 3.24. The number of aromatic nitrogens is 2. The zero-order valence-electron chi connectivity index (χ0n) is 13.2. The van der Waals surface area contributed by atoms with E-state index in [-0.39, 0.29) is 5.91 Å². The Bertz CT molecular complexity index is 1120. The largest absolute Gasteiger partial charge is 0.445 e. The highest BCUT2D eigenvalue weighted by atomic mass is 16.4. The molecule has 0 radical (unpaired) electrons. The van der Waals surface area contributed by atoms with Gasteiger partial charge in [0.2, 0.25) is 5.89 Å². The molecule has 0 atom stereocenters. The first-order valence-electron chi connectivity index (χ1n) is 7.55. The van der Waals surface area contributed by atoms with Crippen LogP contribution in [0.4, 0.5) is 5.69 Å². The zero-order valence-corrected chi connectivity index (χ0v) is 13.2. The molecule has 0 spiro atoms. The third kappa shape index (κ3) is 2.83. The van der Waals surface area contributed by atoms with Gasteiger partial charge in [0.1, 0.15) is 6.26 Å². The zero-order chi connectivity index (χ0) is 17.4. The van der Waals surface area contributed by atoms with Crippen molar-refractivity contribution in [2.45, 2.75) is 6.92 Å². The van der Waals surface area contributed by atoms with Gasteiger partial charge < -0.3 is 14.2 Å². The minimum absolute atomic E-state index is 0.300. The first kappa shape index (κ1) is 14.9. The van der Waals surface area contributed by atoms with Gasteiger partial charge in [0.15, 0.2) is 5.58 Å². The van der Waals surface area contributed by atoms with Crippen molar-refractivity contribution in [2.75, 3.05) is 5.32 Å². The minimum Gasteiger partial charge on any atom is -0.445 e. The lowest BCUT2D eigenvalue weighted by Gasteiger charge is -2.08. The van der Waals surface area contributed by atoms with Gasteiger partial charge in [0.05, 0.1) is 11.7 Å². The van der Waals surface area contributed by atoms with Crippen LogP contribution in [-0.2, 0) is 0 Å². The number of oxazole rings is 2. The van der Waals surface area contributed by atoms with E-state index >= 15 is 0 Å². The summed E-state index contributed by atoms with van der Waals surface area (Å²) in [4.78, 5) is 30.3. The number of nitrogens with one attached hydrogen (secondary N) is 2. The lowest BCUT2D eigenvalue weighted by molar-refractivity contribution is 0.102. The molecule has 2 N–H and O–H groups in total. The molecule has 0 unspecified atom stereocenters. The summed E-state index contributed by atoms with van der Waals surface area (Å²) in [6.07, 6.45) is 3.07. The van der Waals surface area contributed by atoms with Crippen LogP contribution in [0.5, 0.6) is 0 Å². The maximum atomic E-state index is 12.5. The van der Waals surface area contributed by atoms with Crippen LogP contribution in [0.25, 0.3) is 22.6 Å². The van der Waals surface area contributed by atoms with E-state index in [2.05, 4.69) is 15.3 Å². The van der Waals surface area contributed by atoms with Crippen molar-refractivity contribution < 1.29 is 13.6 Å². The fourth-order valence-electron chi connectivity index (χ4n) is 2.58. The van der Waals surface area contributed by atoms with Crippen molar-refractivity contribution in [3.63, 3.8) is 0 Å². The van der Waals surface area contributed by atoms with Crippen LogP contribution in [0.1, 0.15) is 15.9 Å². The van der Waals surface area contributed by atoms with E-state index in [4.69, 9.17) is 8.83 Å². The van der Waals surface area contributed by atoms with Gasteiger partial charge in [-0.2, -0.15) is 0 Å². The molecule has 1 amide bonds. The Hall–Kier alpha value is -3.61. The second kappa shape index (κ2) is 5.79. The lowest BCUT2D eigenvalue weighted by atomic mass is 10.1. The van der Waals surface area contributed by atoms with Crippen LogP contribution < -0.4 is 11.1 Å². The number of fused-ring (bicyclic) bond motifs is 1. The Morgan fingerprint density at radius 2 is 2.08 bits per heavy atom. The molecule has 7 heteroatoms. The number of H-pyrrole nitrogens is 1. The van der Waals surface area contributed by atoms with Gasteiger partial charge in [-0.15, -0.1) is 0 Å². The number of benzene rings is 2. The molecular formula is C18H13N3O4. The monoisotopic (exact) mass is 335 g/mol. The van der Waals surface area contributed by atoms with Gasteiger partial charge in [0, 0.05) is 16.8 Å². The number of amides is 1. The highest BCUT2D eigenvalue weighted by Gasteiger charge is 2.12. The summed E-state index contributed by atoms with van der Waals surface area (Å²) in [7, 11) is 0. The summed E-state index contributed by atoms with van der Waals surface area (Å²) in [5.41, 5.74) is 3.69. The first-order chi connectivity index (χ1) is 12.1. The quantitative estimate of drug-likeness (QED) is 0.598. The van der Waals surface area contributed by atoms with Crippen molar-refractivity contribution >= 4 is 22.7 Å². The number of aromatic amines is 1. The number of nitrogens with zero attached hydrogens (tertiary/aromatic N) is 1. The van der Waals surface area contributed by atoms with Gasteiger partial charge in [0.25, 0.3) is 5.91 Å². The lowest BCUT2D eigenvalue weighted by Crippen LogP contribution is -2.12. The fourth-order valence-corrected chi connectivity index (χ4v) is 2.58. The molecule has 7 nitrogen and oxygen atoms in total. The molecule has 0 saturated heterocycles. The average molecular weight is 335 g/mol. The molecule has 4 rings (SSSR count). The van der Waals surface area contributed by atoms with Crippen LogP contribution in [0, 0.1) is 6.92 Å². The minimum atomic E-state index is -0.554. The topological polar surface area (TPSA) is 101 Å². The summed E-state index contributed by atoms with van der Waals surface area (Å²) >= 11 is 0. The van der Waals surface area contributed by atoms with E-state index in [0.717, 1.165) is 11.1 Å². The van der Waals surface area contributed by atoms with Gasteiger partial charge in [-0.25, -0.2) is 9.78 Å². The fraction of sp³-hybridized carbons (Fsp3) is 0.0556. The summed E-state index contributed by atoms with van der Waals surface area (Å²) in [5.74, 6) is -0.362. The Morgan fingerprint density at radius 3 is 2.88 bits per heavy atom. The van der Waals surface area contributed by atoms with Crippen molar-refractivity contribution in [2.24, 2.45) is 0 Å². The summed E-state index contributed by atoms with van der Waals surface area (Å²) < 4.78 is 10.3. The molecule has 0 aliphatic heterocycles. The van der Waals surface area contributed by atoms with Gasteiger partial charge >= 0.3 is 5.76 Å². The predicted octanol–water partition coefficient (Wildman–Crippen LogP) is 3.34. The smallest absolute Gasteiger partial charge is 0.417 e. The Kier molecular flexibility index (Phi) is 3.46. The van der Waals surface area contributed by atoms with E-state index in [1.165, 1.54) is 6.26 Å². The molecule has 0 aliphatic rings. The Balaban J connectivity index is 1.63. The van der Waals surface area contributed by atoms with Gasteiger partial charge in [-0.05, 0) is 42.8 Å². The van der Waals surface area contributed by atoms with E-state index in [0.29, 0.717) is 28.2 Å². The number of carbonyl (C=O) groups is 1. The molecule has 0 bridgehead atoms. The molecule has 0 saturated carbocycles. The van der Waals surface area contributed by atoms with E-state index in [9.17, 15) is 9.59 Å². The number of hydrogen-bond donors (Lipinski definition) is 2. The highest BCUT2D eigenvalue weighted by molar-refractivity contribution is 6.06. The van der Waals surface area contributed by atoms with E-state index in [1.54, 1.807) is 36.5 Å². The molecule has 124 valence electrons. The van der Waals surface area contributed by atoms with Crippen LogP contribution in [0.3, 0.4) is 0 Å². The summed E-state index contributed by atoms with van der Waals surface area (Å²) in [6.45, 7) is 1.94. The molecule has 2 heterocycles. The van der Waals surface area contributed by atoms with Crippen molar-refractivity contribution in [1.82, 2.24) is 9.97 Å². The molecule has 0 fully saturated rings. The maximum Gasteiger partial charge on any atom is 0.417 e. The number of carbonyl (C=O) groups excluding carboxylic acids is 1. The third-order valence-electron chi connectivity index (χ3n) is 3.84. The Morgan fingerprint density at radius 1 is 1.20 bits per heavy atom. The first-order valence-corrected chi connectivity index (χ1v) is 7.55. The standard InChI is InChI=1S/C18H13N3O4/c1-10-2-4-12(9-13(10)17-19-6-7-24-17)20-16(22)11-3-5-15-14(8-11)21-18(23)25-15/h2-9H,1H3,(H,20,22)(H,21,23). The number of rotatable bonds is 3. The van der Waals surface area contributed by atoms with Crippen molar-refractivity contribution in [3.8, 4) is 11.5 Å². The molecule has 2 aromatic carbocycles. The van der Waals surface area contributed by atoms with Gasteiger partial charge in [-0.1, -0.05) is 6.07 Å². The molecule has 25 heavy (non-hydrogen) atoms. The summed E-state index contributed by atoms with van der Waals surface area (Å²) in [5, 5.41) is 2.83. The SMILES string of the molecule is Cc1ccc(NC(=O)c2ccc3oc(=O)[nH]c3c2)cc1-c1ncco1. The summed E-state index contributed by atoms with van der Waals surface area (Å²) in [6, 6.07) is 10.2. The second-order valence-electron chi connectivity index (χ2n) is 5.55. The highest BCUT2D eigenvalue weighted by Crippen LogP contribution is 2.25. The number of hydrogen-bond acceptors (Lipinski definition) is 5. The van der Waals surface area contributed by atoms with Crippen LogP contribution in [-0.4, -0.2) is 15.9 Å². The van der Waals surface area contributed by atoms with Crippen LogP contribution in [0.15, 0.2) is 62.5 Å². The van der Waals surface area contributed by atoms with Crippen LogP contribution in [0.2, 0.25) is 0 Å². The predicted molar refractivity (Wildman–Crippen MR) is 91.5 cm³/mol. The third-order valence-corrected chi connectivity index (χ3v) is 3.84. The number of anilines is 1. The van der Waals surface area contributed by atoms with Crippen molar-refractivity contribution in [1.29, 1.82) is 0 Å². The van der Waals surface area contributed by atoms with Crippen molar-refractivity contribution in [3.05, 3.63) is 70.5 Å². The second-order valence-corrected chi connectivity index (χ2v) is 5.55. The van der Waals surface area contributed by atoms with Crippen LogP contribution >= 0.6 is 0 Å². The maximum absolute atomic E-state index is 12.5. The number of aryl methyl sites for hydroxylation is 1.